The Morgan fingerprint density at radius 1 is 1.40 bits per heavy atom. The number of para-hydroxylation sites is 1. The highest BCUT2D eigenvalue weighted by Gasteiger charge is 2.06. The predicted molar refractivity (Wildman–Crippen MR) is 63.8 cm³/mol. The SMILES string of the molecule is Fc1ccccc1NC(=S)c1nccs1. The van der Waals surface area contributed by atoms with E-state index in [1.54, 1.807) is 24.4 Å². The lowest BCUT2D eigenvalue weighted by atomic mass is 10.3. The molecule has 0 atom stereocenters. The number of benzene rings is 1. The van der Waals surface area contributed by atoms with Crippen molar-refractivity contribution >= 4 is 34.2 Å². The minimum Gasteiger partial charge on any atom is -0.342 e. The van der Waals surface area contributed by atoms with Crippen LogP contribution >= 0.6 is 23.6 Å². The Labute approximate surface area is 95.8 Å². The van der Waals surface area contributed by atoms with Gasteiger partial charge in [0.25, 0.3) is 0 Å². The molecule has 0 spiro atoms. The van der Waals surface area contributed by atoms with E-state index < -0.39 is 0 Å². The van der Waals surface area contributed by atoms with Crippen molar-refractivity contribution in [3.05, 3.63) is 46.7 Å². The van der Waals surface area contributed by atoms with Crippen LogP contribution in [0.3, 0.4) is 0 Å². The molecule has 1 aromatic heterocycles. The normalized spacial score (nSPS) is 9.93. The summed E-state index contributed by atoms with van der Waals surface area (Å²) in [6.45, 7) is 0. The Morgan fingerprint density at radius 3 is 2.87 bits per heavy atom. The van der Waals surface area contributed by atoms with Crippen LogP contribution in [-0.2, 0) is 0 Å². The fraction of sp³-hybridized carbons (Fsp3) is 0. The average Bonchev–Trinajstić information content (AvgIpc) is 2.74. The van der Waals surface area contributed by atoms with Gasteiger partial charge in [-0.05, 0) is 12.1 Å². The monoisotopic (exact) mass is 238 g/mol. The first kappa shape index (κ1) is 10.2. The summed E-state index contributed by atoms with van der Waals surface area (Å²) in [4.78, 5) is 4.47. The lowest BCUT2D eigenvalue weighted by molar-refractivity contribution is 0.632. The second-order valence-electron chi connectivity index (χ2n) is 2.77. The van der Waals surface area contributed by atoms with E-state index in [1.165, 1.54) is 17.4 Å². The average molecular weight is 238 g/mol. The van der Waals surface area contributed by atoms with E-state index in [2.05, 4.69) is 10.3 Å². The zero-order chi connectivity index (χ0) is 10.7. The van der Waals surface area contributed by atoms with Crippen molar-refractivity contribution in [1.82, 2.24) is 4.98 Å². The summed E-state index contributed by atoms with van der Waals surface area (Å²) in [6.07, 6.45) is 1.66. The van der Waals surface area contributed by atoms with Gasteiger partial charge in [-0.2, -0.15) is 0 Å². The third kappa shape index (κ3) is 2.37. The Kier molecular flexibility index (Phi) is 3.03. The van der Waals surface area contributed by atoms with Crippen LogP contribution in [0.25, 0.3) is 0 Å². The quantitative estimate of drug-likeness (QED) is 0.814. The molecular weight excluding hydrogens is 231 g/mol. The van der Waals surface area contributed by atoms with Gasteiger partial charge in [0, 0.05) is 11.6 Å². The zero-order valence-corrected chi connectivity index (χ0v) is 9.24. The molecule has 0 aliphatic rings. The molecule has 0 fully saturated rings. The number of nitrogens with one attached hydrogen (secondary N) is 1. The summed E-state index contributed by atoms with van der Waals surface area (Å²) >= 11 is 6.50. The summed E-state index contributed by atoms with van der Waals surface area (Å²) in [5, 5.41) is 5.33. The number of anilines is 1. The molecule has 76 valence electrons. The van der Waals surface area contributed by atoms with Gasteiger partial charge >= 0.3 is 0 Å². The van der Waals surface area contributed by atoms with Crippen LogP contribution in [0.4, 0.5) is 10.1 Å². The van der Waals surface area contributed by atoms with Gasteiger partial charge in [-0.3, -0.25) is 0 Å². The maximum Gasteiger partial charge on any atom is 0.150 e. The largest absolute Gasteiger partial charge is 0.342 e. The molecule has 0 unspecified atom stereocenters. The van der Waals surface area contributed by atoms with Crippen molar-refractivity contribution in [3.63, 3.8) is 0 Å². The highest BCUT2D eigenvalue weighted by molar-refractivity contribution is 7.81. The van der Waals surface area contributed by atoms with Gasteiger partial charge in [0.15, 0.2) is 5.01 Å². The lowest BCUT2D eigenvalue weighted by Gasteiger charge is -2.05. The van der Waals surface area contributed by atoms with Crippen LogP contribution < -0.4 is 5.32 Å². The number of hydrogen-bond acceptors (Lipinski definition) is 3. The molecule has 0 aliphatic heterocycles. The van der Waals surface area contributed by atoms with E-state index in [-0.39, 0.29) is 5.82 Å². The second-order valence-corrected chi connectivity index (χ2v) is 4.07. The van der Waals surface area contributed by atoms with Gasteiger partial charge < -0.3 is 5.32 Å². The molecule has 1 aromatic carbocycles. The molecule has 0 aliphatic carbocycles. The fourth-order valence-electron chi connectivity index (χ4n) is 1.07. The smallest absolute Gasteiger partial charge is 0.150 e. The van der Waals surface area contributed by atoms with Crippen molar-refractivity contribution in [1.29, 1.82) is 0 Å². The second kappa shape index (κ2) is 4.46. The predicted octanol–water partition coefficient (Wildman–Crippen LogP) is 3.07. The van der Waals surface area contributed by atoms with E-state index >= 15 is 0 Å². The maximum atomic E-state index is 13.3. The summed E-state index contributed by atoms with van der Waals surface area (Å²) < 4.78 is 13.3. The molecule has 2 aromatic rings. The zero-order valence-electron chi connectivity index (χ0n) is 7.61. The van der Waals surface area contributed by atoms with Gasteiger partial charge in [0.2, 0.25) is 0 Å². The lowest BCUT2D eigenvalue weighted by Crippen LogP contribution is -2.11. The first-order valence-electron chi connectivity index (χ1n) is 4.23. The van der Waals surface area contributed by atoms with Gasteiger partial charge in [-0.25, -0.2) is 9.37 Å². The Bertz CT molecular complexity index is 468. The van der Waals surface area contributed by atoms with E-state index in [0.29, 0.717) is 15.7 Å². The van der Waals surface area contributed by atoms with Crippen LogP contribution in [0, 0.1) is 5.82 Å². The fourth-order valence-corrected chi connectivity index (χ4v) is 1.91. The van der Waals surface area contributed by atoms with Gasteiger partial charge in [0.05, 0.1) is 5.69 Å². The number of aromatic nitrogens is 1. The number of rotatable bonds is 2. The van der Waals surface area contributed by atoms with Crippen molar-refractivity contribution in [3.8, 4) is 0 Å². The molecule has 0 saturated carbocycles. The van der Waals surface area contributed by atoms with Gasteiger partial charge in [0.1, 0.15) is 10.8 Å². The standard InChI is InChI=1S/C10H7FN2S2/c11-7-3-1-2-4-8(7)13-9(14)10-12-5-6-15-10/h1-6H,(H,13,14). The van der Waals surface area contributed by atoms with Crippen LogP contribution in [0.15, 0.2) is 35.8 Å². The molecule has 0 bridgehead atoms. The summed E-state index contributed by atoms with van der Waals surface area (Å²) in [5.74, 6) is -0.323. The van der Waals surface area contributed by atoms with E-state index in [1.807, 2.05) is 5.38 Å². The van der Waals surface area contributed by atoms with Crippen LogP contribution in [0.1, 0.15) is 5.01 Å². The van der Waals surface area contributed by atoms with Crippen molar-refractivity contribution in [2.75, 3.05) is 5.32 Å². The van der Waals surface area contributed by atoms with Crippen molar-refractivity contribution in [2.24, 2.45) is 0 Å². The molecular formula is C10H7FN2S2. The molecule has 1 heterocycles. The molecule has 5 heteroatoms. The van der Waals surface area contributed by atoms with Crippen molar-refractivity contribution < 1.29 is 4.39 Å². The third-order valence-corrected chi connectivity index (χ3v) is 2.96. The maximum absolute atomic E-state index is 13.3. The number of halogens is 1. The molecule has 0 radical (unpaired) electrons. The first-order valence-corrected chi connectivity index (χ1v) is 5.51. The molecule has 2 nitrogen and oxygen atoms in total. The minimum absolute atomic E-state index is 0.323. The third-order valence-electron chi connectivity index (χ3n) is 1.75. The molecule has 0 saturated heterocycles. The Hall–Kier alpha value is -1.33. The van der Waals surface area contributed by atoms with Gasteiger partial charge in [-0.1, -0.05) is 24.4 Å². The highest BCUT2D eigenvalue weighted by atomic mass is 32.1. The molecule has 0 amide bonds. The first-order chi connectivity index (χ1) is 7.27. The van der Waals surface area contributed by atoms with Crippen LogP contribution in [0.5, 0.6) is 0 Å². The number of thiocarbonyl (C=S) groups is 1. The summed E-state index contributed by atoms with van der Waals surface area (Å²) in [5.41, 5.74) is 0.373. The topological polar surface area (TPSA) is 24.9 Å². The van der Waals surface area contributed by atoms with Gasteiger partial charge in [-0.15, -0.1) is 11.3 Å². The Balaban J connectivity index is 2.17. The van der Waals surface area contributed by atoms with E-state index in [0.717, 1.165) is 0 Å². The number of nitrogens with zero attached hydrogens (tertiary/aromatic N) is 1. The van der Waals surface area contributed by atoms with Crippen molar-refractivity contribution in [2.45, 2.75) is 0 Å². The van der Waals surface area contributed by atoms with Crippen LogP contribution in [0.2, 0.25) is 0 Å². The molecule has 15 heavy (non-hydrogen) atoms. The van der Waals surface area contributed by atoms with E-state index in [4.69, 9.17) is 12.2 Å². The highest BCUT2D eigenvalue weighted by Crippen LogP contribution is 2.15. The minimum atomic E-state index is -0.323. The number of thiazole rings is 1. The summed E-state index contributed by atoms with van der Waals surface area (Å²) in [7, 11) is 0. The molecule has 2 rings (SSSR count). The summed E-state index contributed by atoms with van der Waals surface area (Å²) in [6, 6.07) is 6.39. The number of hydrogen-bond donors (Lipinski definition) is 1. The van der Waals surface area contributed by atoms with Crippen LogP contribution in [-0.4, -0.2) is 9.97 Å². The molecule has 1 N–H and O–H groups in total. The Morgan fingerprint density at radius 2 is 2.20 bits per heavy atom. The van der Waals surface area contributed by atoms with E-state index in [9.17, 15) is 4.39 Å².